The van der Waals surface area contributed by atoms with E-state index in [1.807, 2.05) is 0 Å². The van der Waals surface area contributed by atoms with Gasteiger partial charge < -0.3 is 5.32 Å². The fourth-order valence-corrected chi connectivity index (χ4v) is 2.98. The average Bonchev–Trinajstić information content (AvgIpc) is 2.24. The van der Waals surface area contributed by atoms with Crippen LogP contribution in [0.3, 0.4) is 0 Å². The van der Waals surface area contributed by atoms with Gasteiger partial charge >= 0.3 is 0 Å². The van der Waals surface area contributed by atoms with E-state index < -0.39 is 0 Å². The quantitative estimate of drug-likeness (QED) is 0.817. The Bertz CT molecular complexity index is 346. The van der Waals surface area contributed by atoms with Crippen molar-refractivity contribution >= 4 is 0 Å². The summed E-state index contributed by atoms with van der Waals surface area (Å²) >= 11 is 0. The van der Waals surface area contributed by atoms with Crippen molar-refractivity contribution in [2.24, 2.45) is 5.92 Å². The first-order valence-electron chi connectivity index (χ1n) is 6.90. The molecule has 0 radical (unpaired) electrons. The first-order chi connectivity index (χ1) is 8.16. The molecule has 0 atom stereocenters. The van der Waals surface area contributed by atoms with Crippen molar-refractivity contribution in [3.8, 4) is 0 Å². The Morgan fingerprint density at radius 1 is 1.18 bits per heavy atom. The third-order valence-corrected chi connectivity index (χ3v) is 4.04. The highest BCUT2D eigenvalue weighted by atomic mass is 14.8. The van der Waals surface area contributed by atoms with Crippen molar-refractivity contribution < 1.29 is 0 Å². The Morgan fingerprint density at radius 2 is 1.82 bits per heavy atom. The Kier molecular flexibility index (Phi) is 3.88. The first kappa shape index (κ1) is 12.6. The zero-order valence-electron chi connectivity index (χ0n) is 11.4. The predicted molar refractivity (Wildman–Crippen MR) is 74.4 cm³/mol. The molecule has 0 unspecified atom stereocenters. The van der Waals surface area contributed by atoms with Crippen molar-refractivity contribution in [2.75, 3.05) is 13.6 Å². The van der Waals surface area contributed by atoms with Gasteiger partial charge in [0.15, 0.2) is 0 Å². The summed E-state index contributed by atoms with van der Waals surface area (Å²) in [6.07, 6.45) is 5.27. The fourth-order valence-electron chi connectivity index (χ4n) is 2.98. The molecule has 1 heteroatoms. The van der Waals surface area contributed by atoms with Crippen LogP contribution in [0, 0.1) is 5.92 Å². The molecule has 2 rings (SSSR count). The molecule has 0 amide bonds. The largest absolute Gasteiger partial charge is 0.319 e. The van der Waals surface area contributed by atoms with E-state index in [9.17, 15) is 0 Å². The third kappa shape index (κ3) is 2.71. The van der Waals surface area contributed by atoms with Crippen molar-refractivity contribution in [3.63, 3.8) is 0 Å². The van der Waals surface area contributed by atoms with Gasteiger partial charge in [-0.15, -0.1) is 0 Å². The maximum Gasteiger partial charge on any atom is 0.00776 e. The number of rotatable bonds is 5. The van der Waals surface area contributed by atoms with Gasteiger partial charge in [0.2, 0.25) is 0 Å². The van der Waals surface area contributed by atoms with Crippen molar-refractivity contribution in [2.45, 2.75) is 44.9 Å². The van der Waals surface area contributed by atoms with E-state index >= 15 is 0 Å². The summed E-state index contributed by atoms with van der Waals surface area (Å²) in [4.78, 5) is 0. The molecule has 1 aliphatic carbocycles. The second-order valence-electron chi connectivity index (χ2n) is 5.96. The molecule has 0 spiro atoms. The molecule has 0 saturated heterocycles. The summed E-state index contributed by atoms with van der Waals surface area (Å²) in [6.45, 7) is 5.68. The molecule has 94 valence electrons. The second kappa shape index (κ2) is 5.22. The Labute approximate surface area is 106 Å². The van der Waals surface area contributed by atoms with E-state index in [1.165, 1.54) is 36.8 Å². The van der Waals surface area contributed by atoms with Crippen molar-refractivity contribution in [1.82, 2.24) is 5.32 Å². The van der Waals surface area contributed by atoms with E-state index in [2.05, 4.69) is 50.5 Å². The predicted octanol–water partition coefficient (Wildman–Crippen LogP) is 3.53. The highest BCUT2D eigenvalue weighted by Gasteiger charge is 2.37. The van der Waals surface area contributed by atoms with Gasteiger partial charge in [-0.2, -0.15) is 0 Å². The van der Waals surface area contributed by atoms with Crippen LogP contribution < -0.4 is 5.32 Å². The third-order valence-electron chi connectivity index (χ3n) is 4.04. The monoisotopic (exact) mass is 231 g/mol. The van der Waals surface area contributed by atoms with Crippen LogP contribution in [0.1, 0.15) is 44.2 Å². The van der Waals surface area contributed by atoms with Gasteiger partial charge in [-0.3, -0.25) is 0 Å². The van der Waals surface area contributed by atoms with Crippen molar-refractivity contribution in [1.29, 1.82) is 0 Å². The smallest absolute Gasteiger partial charge is 0.00776 e. The summed E-state index contributed by atoms with van der Waals surface area (Å²) in [5.41, 5.74) is 3.44. The van der Waals surface area contributed by atoms with Crippen LogP contribution in [0.25, 0.3) is 0 Å². The van der Waals surface area contributed by atoms with Crippen LogP contribution >= 0.6 is 0 Å². The molecule has 0 aromatic heterocycles. The summed E-state index contributed by atoms with van der Waals surface area (Å²) in [5, 5.41) is 3.36. The average molecular weight is 231 g/mol. The lowest BCUT2D eigenvalue weighted by atomic mass is 9.64. The minimum absolute atomic E-state index is 0.436. The maximum atomic E-state index is 3.36. The molecular formula is C16H25N. The zero-order valence-corrected chi connectivity index (χ0v) is 11.4. The molecule has 1 nitrogen and oxygen atoms in total. The molecule has 1 aromatic rings. The van der Waals surface area contributed by atoms with Crippen LogP contribution in [-0.4, -0.2) is 13.6 Å². The Morgan fingerprint density at radius 3 is 2.24 bits per heavy atom. The van der Waals surface area contributed by atoms with E-state index in [0.29, 0.717) is 5.41 Å². The molecule has 0 heterocycles. The molecule has 17 heavy (non-hydrogen) atoms. The lowest BCUT2D eigenvalue weighted by Crippen LogP contribution is -2.42. The summed E-state index contributed by atoms with van der Waals surface area (Å²) in [6, 6.07) is 9.36. The number of likely N-dealkylation sites (N-methyl/N-ethyl adjacent to an activating group) is 1. The van der Waals surface area contributed by atoms with E-state index in [1.54, 1.807) is 0 Å². The Hall–Kier alpha value is -0.820. The highest BCUT2D eigenvalue weighted by Crippen LogP contribution is 2.43. The second-order valence-corrected chi connectivity index (χ2v) is 5.96. The topological polar surface area (TPSA) is 12.0 Å². The molecule has 0 bridgehead atoms. The van der Waals surface area contributed by atoms with Gasteiger partial charge in [0.05, 0.1) is 0 Å². The summed E-state index contributed by atoms with van der Waals surface area (Å²) in [5.74, 6) is 0.746. The number of nitrogens with one attached hydrogen (secondary N) is 1. The first-order valence-corrected chi connectivity index (χ1v) is 6.90. The van der Waals surface area contributed by atoms with Gasteiger partial charge in [-0.05, 0) is 43.4 Å². The zero-order chi connectivity index (χ0) is 12.3. The van der Waals surface area contributed by atoms with E-state index in [4.69, 9.17) is 0 Å². The molecule has 0 aliphatic heterocycles. The van der Waals surface area contributed by atoms with Crippen LogP contribution in [0.2, 0.25) is 0 Å². The molecule has 1 saturated carbocycles. The molecule has 1 aliphatic rings. The standard InChI is InChI=1S/C16H25N/c1-13(2)11-14-5-7-15(8-6-14)16(12-17-3)9-4-10-16/h5-8,13,17H,4,9-12H2,1-3H3. The maximum absolute atomic E-state index is 3.36. The van der Waals surface area contributed by atoms with Crippen LogP contribution in [0.4, 0.5) is 0 Å². The molecular weight excluding hydrogens is 206 g/mol. The lowest BCUT2D eigenvalue weighted by molar-refractivity contribution is 0.239. The van der Waals surface area contributed by atoms with Crippen molar-refractivity contribution in [3.05, 3.63) is 35.4 Å². The van der Waals surface area contributed by atoms with Gasteiger partial charge in [-0.25, -0.2) is 0 Å². The summed E-state index contributed by atoms with van der Waals surface area (Å²) < 4.78 is 0. The van der Waals surface area contributed by atoms with Gasteiger partial charge in [0, 0.05) is 12.0 Å². The fraction of sp³-hybridized carbons (Fsp3) is 0.625. The molecule has 1 aromatic carbocycles. The SMILES string of the molecule is CNCC1(c2ccc(CC(C)C)cc2)CCC1. The highest BCUT2D eigenvalue weighted by molar-refractivity contribution is 5.32. The van der Waals surface area contributed by atoms with Gasteiger partial charge in [0.1, 0.15) is 0 Å². The molecule has 1 N–H and O–H groups in total. The van der Waals surface area contributed by atoms with Crippen LogP contribution in [-0.2, 0) is 11.8 Å². The number of hydrogen-bond acceptors (Lipinski definition) is 1. The van der Waals surface area contributed by atoms with Crippen LogP contribution in [0.15, 0.2) is 24.3 Å². The summed E-state index contributed by atoms with van der Waals surface area (Å²) in [7, 11) is 2.06. The normalized spacial score (nSPS) is 18.1. The van der Waals surface area contributed by atoms with E-state index in [-0.39, 0.29) is 0 Å². The lowest BCUT2D eigenvalue weighted by Gasteiger charge is -2.42. The van der Waals surface area contributed by atoms with Crippen LogP contribution in [0.5, 0.6) is 0 Å². The molecule has 1 fully saturated rings. The number of hydrogen-bond donors (Lipinski definition) is 1. The van der Waals surface area contributed by atoms with E-state index in [0.717, 1.165) is 12.5 Å². The van der Waals surface area contributed by atoms with Gasteiger partial charge in [0.25, 0.3) is 0 Å². The minimum Gasteiger partial charge on any atom is -0.319 e. The van der Waals surface area contributed by atoms with Gasteiger partial charge in [-0.1, -0.05) is 44.5 Å². The Balaban J connectivity index is 2.11. The minimum atomic E-state index is 0.436. The number of benzene rings is 1.